The van der Waals surface area contributed by atoms with E-state index in [1.165, 1.54) is 5.69 Å². The van der Waals surface area contributed by atoms with Gasteiger partial charge in [0.25, 0.3) is 5.69 Å². The Bertz CT molecular complexity index is 1510. The van der Waals surface area contributed by atoms with Crippen molar-refractivity contribution in [1.82, 2.24) is 19.4 Å². The molecule has 1 atom stereocenters. The average molecular weight is 530 g/mol. The molecule has 3 heterocycles. The van der Waals surface area contributed by atoms with Crippen molar-refractivity contribution in [1.29, 1.82) is 0 Å². The molecule has 0 bridgehead atoms. The highest BCUT2D eigenvalue weighted by molar-refractivity contribution is 5.97. The third-order valence-corrected chi connectivity index (χ3v) is 7.47. The van der Waals surface area contributed by atoms with Gasteiger partial charge in [-0.05, 0) is 57.6 Å². The minimum atomic E-state index is -0.337. The van der Waals surface area contributed by atoms with Crippen LogP contribution < -0.4 is 10.2 Å². The van der Waals surface area contributed by atoms with E-state index in [1.54, 1.807) is 19.4 Å². The Morgan fingerprint density at radius 2 is 1.97 bits per heavy atom. The predicted molar refractivity (Wildman–Crippen MR) is 155 cm³/mol. The summed E-state index contributed by atoms with van der Waals surface area (Å²) >= 11 is 0. The zero-order valence-corrected chi connectivity index (χ0v) is 23.1. The first-order valence-corrected chi connectivity index (χ1v) is 13.1. The Hall–Kier alpha value is -4.02. The fourth-order valence-corrected chi connectivity index (χ4v) is 5.31. The van der Waals surface area contributed by atoms with Gasteiger partial charge in [0.05, 0.1) is 22.4 Å². The number of ether oxygens (including phenoxy) is 1. The molecule has 1 unspecified atom stereocenters. The second kappa shape index (κ2) is 11.0. The monoisotopic (exact) mass is 529 g/mol. The molecule has 1 N–H and O–H groups in total. The van der Waals surface area contributed by atoms with Crippen LogP contribution >= 0.6 is 0 Å². The van der Waals surface area contributed by atoms with Crippen LogP contribution in [0.3, 0.4) is 0 Å². The number of hydrogen-bond donors (Lipinski definition) is 1. The van der Waals surface area contributed by atoms with Gasteiger partial charge in [-0.1, -0.05) is 18.2 Å². The summed E-state index contributed by atoms with van der Waals surface area (Å²) in [6.07, 6.45) is 3.77. The number of rotatable bonds is 9. The van der Waals surface area contributed by atoms with Gasteiger partial charge in [-0.25, -0.2) is 9.97 Å². The average Bonchev–Trinajstić information content (AvgIpc) is 3.26. The van der Waals surface area contributed by atoms with E-state index in [2.05, 4.69) is 38.0 Å². The Kier molecular flexibility index (Phi) is 7.49. The first-order chi connectivity index (χ1) is 18.8. The fraction of sp³-hybridized carbons (Fsp3) is 0.379. The van der Waals surface area contributed by atoms with Crippen molar-refractivity contribution in [2.75, 3.05) is 51.6 Å². The van der Waals surface area contributed by atoms with E-state index in [4.69, 9.17) is 9.72 Å². The van der Waals surface area contributed by atoms with Crippen LogP contribution in [0.15, 0.2) is 48.7 Å². The van der Waals surface area contributed by atoms with Gasteiger partial charge >= 0.3 is 0 Å². The zero-order valence-electron chi connectivity index (χ0n) is 23.1. The van der Waals surface area contributed by atoms with Crippen molar-refractivity contribution in [2.24, 2.45) is 0 Å². The molecular weight excluding hydrogens is 494 g/mol. The third kappa shape index (κ3) is 5.30. The molecule has 4 aromatic rings. The molecule has 0 spiro atoms. The summed E-state index contributed by atoms with van der Waals surface area (Å²) in [5.74, 6) is 0.396. The number of methoxy groups -OCH3 is 1. The molecule has 0 radical (unpaired) electrons. The highest BCUT2D eigenvalue weighted by Crippen LogP contribution is 2.38. The first-order valence-electron chi connectivity index (χ1n) is 13.1. The number of nitrogens with zero attached hydrogens (tertiary/aromatic N) is 6. The van der Waals surface area contributed by atoms with Crippen molar-refractivity contribution in [2.45, 2.75) is 32.4 Å². The van der Waals surface area contributed by atoms with Crippen molar-refractivity contribution in [3.05, 3.63) is 70.0 Å². The standard InChI is InChI=1S/C29H35N7O3/c1-19-16-26(34(4)15-14-33(2)3)27(36(37)38)17-23(19)32-29-30-13-12-22(31-29)28-21-8-6-7-9-24(21)35-18-20(39-5)10-11-25(28)35/h6-9,12-13,16-17,20H,10-11,14-15,18H2,1-5H3,(H,30,31,32). The summed E-state index contributed by atoms with van der Waals surface area (Å²) in [6, 6.07) is 13.7. The van der Waals surface area contributed by atoms with Crippen LogP contribution in [0.2, 0.25) is 0 Å². The molecular formula is C29H35N7O3. The molecule has 0 aliphatic carbocycles. The second-order valence-corrected chi connectivity index (χ2v) is 10.4. The molecule has 2 aromatic heterocycles. The lowest BCUT2D eigenvalue weighted by atomic mass is 10.0. The summed E-state index contributed by atoms with van der Waals surface area (Å²) in [5.41, 5.74) is 6.44. The lowest BCUT2D eigenvalue weighted by molar-refractivity contribution is -0.384. The van der Waals surface area contributed by atoms with Gasteiger partial charge < -0.3 is 24.4 Å². The molecule has 0 saturated heterocycles. The number of hydrogen-bond acceptors (Lipinski definition) is 8. The summed E-state index contributed by atoms with van der Waals surface area (Å²) in [5, 5.41) is 16.4. The highest BCUT2D eigenvalue weighted by atomic mass is 16.6. The number of nitrogens with one attached hydrogen (secondary N) is 1. The van der Waals surface area contributed by atoms with Crippen LogP contribution in [0.5, 0.6) is 0 Å². The van der Waals surface area contributed by atoms with Crippen LogP contribution in [0, 0.1) is 17.0 Å². The van der Waals surface area contributed by atoms with Crippen molar-refractivity contribution in [3.8, 4) is 11.3 Å². The van der Waals surface area contributed by atoms with Crippen molar-refractivity contribution >= 4 is 33.9 Å². The maximum absolute atomic E-state index is 12.0. The van der Waals surface area contributed by atoms with Gasteiger partial charge in [0.2, 0.25) is 5.95 Å². The number of anilines is 3. The van der Waals surface area contributed by atoms with Crippen LogP contribution in [0.25, 0.3) is 22.2 Å². The lowest BCUT2D eigenvalue weighted by Gasteiger charge is -2.25. The number of benzene rings is 2. The van der Waals surface area contributed by atoms with Gasteiger partial charge in [0.15, 0.2) is 0 Å². The molecule has 0 fully saturated rings. The van der Waals surface area contributed by atoms with Gasteiger partial charge in [-0.3, -0.25) is 10.1 Å². The molecule has 2 aromatic carbocycles. The molecule has 1 aliphatic heterocycles. The van der Waals surface area contributed by atoms with E-state index in [-0.39, 0.29) is 16.7 Å². The van der Waals surface area contributed by atoms with Gasteiger partial charge in [0.1, 0.15) is 5.69 Å². The SMILES string of the molecule is COC1CCc2c(-c3ccnc(Nc4cc([N+](=O)[O-])c(N(C)CCN(C)C)cc4C)n3)c3ccccc3n2C1. The lowest BCUT2D eigenvalue weighted by Crippen LogP contribution is -2.29. The number of fused-ring (bicyclic) bond motifs is 3. The van der Waals surface area contributed by atoms with Gasteiger partial charge in [-0.2, -0.15) is 0 Å². The quantitative estimate of drug-likeness (QED) is 0.238. The van der Waals surface area contributed by atoms with Crippen LogP contribution in [-0.2, 0) is 17.7 Å². The molecule has 10 nitrogen and oxygen atoms in total. The number of aromatic nitrogens is 3. The van der Waals surface area contributed by atoms with E-state index in [9.17, 15) is 10.1 Å². The number of nitro groups is 1. The van der Waals surface area contributed by atoms with E-state index in [1.807, 2.05) is 51.2 Å². The summed E-state index contributed by atoms with van der Waals surface area (Å²) in [6.45, 7) is 4.20. The number of nitro benzene ring substituents is 1. The van der Waals surface area contributed by atoms with Crippen LogP contribution in [-0.4, -0.2) is 71.8 Å². The minimum absolute atomic E-state index is 0.0423. The molecule has 39 heavy (non-hydrogen) atoms. The number of para-hydroxylation sites is 1. The zero-order chi connectivity index (χ0) is 27.7. The van der Waals surface area contributed by atoms with E-state index in [0.717, 1.165) is 53.7 Å². The molecule has 204 valence electrons. The van der Waals surface area contributed by atoms with Crippen molar-refractivity contribution < 1.29 is 9.66 Å². The normalized spacial score (nSPS) is 15.0. The Morgan fingerprint density at radius 1 is 1.18 bits per heavy atom. The van der Waals surface area contributed by atoms with E-state index < -0.39 is 0 Å². The smallest absolute Gasteiger partial charge is 0.294 e. The van der Waals surface area contributed by atoms with Gasteiger partial charge in [0, 0.05) is 68.2 Å². The predicted octanol–water partition coefficient (Wildman–Crippen LogP) is 5.02. The van der Waals surface area contributed by atoms with Crippen LogP contribution in [0.4, 0.5) is 23.0 Å². The van der Waals surface area contributed by atoms with E-state index in [0.29, 0.717) is 23.9 Å². The fourth-order valence-electron chi connectivity index (χ4n) is 5.31. The summed E-state index contributed by atoms with van der Waals surface area (Å²) in [4.78, 5) is 25.0. The largest absolute Gasteiger partial charge is 0.380 e. The Balaban J connectivity index is 1.50. The topological polar surface area (TPSA) is 102 Å². The summed E-state index contributed by atoms with van der Waals surface area (Å²) in [7, 11) is 7.61. The van der Waals surface area contributed by atoms with E-state index >= 15 is 0 Å². The maximum Gasteiger partial charge on any atom is 0.294 e. The molecule has 0 amide bonds. The number of likely N-dealkylation sites (N-methyl/N-ethyl adjacent to an activating group) is 2. The maximum atomic E-state index is 12.0. The van der Waals surface area contributed by atoms with Gasteiger partial charge in [-0.15, -0.1) is 0 Å². The first kappa shape index (κ1) is 26.6. The number of aryl methyl sites for hydroxylation is 1. The second-order valence-electron chi connectivity index (χ2n) is 10.4. The molecule has 10 heteroatoms. The highest BCUT2D eigenvalue weighted by Gasteiger charge is 2.26. The van der Waals surface area contributed by atoms with Crippen molar-refractivity contribution in [3.63, 3.8) is 0 Å². The molecule has 0 saturated carbocycles. The summed E-state index contributed by atoms with van der Waals surface area (Å²) < 4.78 is 8.02. The van der Waals surface area contributed by atoms with Crippen LogP contribution in [0.1, 0.15) is 17.7 Å². The Morgan fingerprint density at radius 3 is 2.72 bits per heavy atom. The minimum Gasteiger partial charge on any atom is -0.380 e. The third-order valence-electron chi connectivity index (χ3n) is 7.47. The molecule has 5 rings (SSSR count). The molecule has 1 aliphatic rings. The Labute approximate surface area is 228 Å².